The van der Waals surface area contributed by atoms with Crippen LogP contribution in [-0.2, 0) is 0 Å². The lowest BCUT2D eigenvalue weighted by Gasteiger charge is -2.38. The Hall–Kier alpha value is -3.02. The quantitative estimate of drug-likeness (QED) is 0.500. The van der Waals surface area contributed by atoms with E-state index < -0.39 is 0 Å². The number of allylic oxidation sites excluding steroid dienone is 2. The second-order valence-electron chi connectivity index (χ2n) is 6.59. The zero-order valence-electron chi connectivity index (χ0n) is 14.6. The van der Waals surface area contributed by atoms with E-state index in [1.807, 2.05) is 18.2 Å². The van der Waals surface area contributed by atoms with E-state index in [4.69, 9.17) is 9.47 Å². The molecular formula is C20H20N2O4. The first kappa shape index (κ1) is 16.4. The van der Waals surface area contributed by atoms with Gasteiger partial charge in [0.25, 0.3) is 5.69 Å². The summed E-state index contributed by atoms with van der Waals surface area (Å²) < 4.78 is 11.1. The molecule has 26 heavy (non-hydrogen) atoms. The maximum absolute atomic E-state index is 11.2. The first-order valence-electron chi connectivity index (χ1n) is 8.56. The van der Waals surface area contributed by atoms with Crippen LogP contribution >= 0.6 is 0 Å². The van der Waals surface area contributed by atoms with Crippen LogP contribution in [0.25, 0.3) is 0 Å². The van der Waals surface area contributed by atoms with Crippen LogP contribution in [0.15, 0.2) is 48.6 Å². The van der Waals surface area contributed by atoms with Crippen molar-refractivity contribution in [3.63, 3.8) is 0 Å². The number of anilines is 1. The maximum Gasteiger partial charge on any atom is 0.269 e. The molecule has 2 aromatic rings. The van der Waals surface area contributed by atoms with Gasteiger partial charge in [0.05, 0.1) is 30.9 Å². The SMILES string of the molecule is COc1ccc(OC)c2c1N[C@@H](c1cccc([N+](=O)[O-])c1)[C@H]1CC=C[C@@H]21. The summed E-state index contributed by atoms with van der Waals surface area (Å²) >= 11 is 0. The minimum absolute atomic E-state index is 0.0385. The van der Waals surface area contributed by atoms with Gasteiger partial charge in [0.15, 0.2) is 0 Å². The fraction of sp³-hybridized carbons (Fsp3) is 0.300. The zero-order valence-corrected chi connectivity index (χ0v) is 14.6. The molecule has 1 N–H and O–H groups in total. The van der Waals surface area contributed by atoms with Gasteiger partial charge < -0.3 is 14.8 Å². The summed E-state index contributed by atoms with van der Waals surface area (Å²) in [6.45, 7) is 0. The number of hydrogen-bond donors (Lipinski definition) is 1. The van der Waals surface area contributed by atoms with E-state index in [-0.39, 0.29) is 28.5 Å². The van der Waals surface area contributed by atoms with Crippen LogP contribution in [0.1, 0.15) is 29.5 Å². The predicted molar refractivity (Wildman–Crippen MR) is 99.0 cm³/mol. The van der Waals surface area contributed by atoms with E-state index in [9.17, 15) is 10.1 Å². The van der Waals surface area contributed by atoms with Crippen molar-refractivity contribution < 1.29 is 14.4 Å². The first-order chi connectivity index (χ1) is 12.6. The van der Waals surface area contributed by atoms with Crippen molar-refractivity contribution in [2.45, 2.75) is 18.4 Å². The molecule has 0 saturated carbocycles. The van der Waals surface area contributed by atoms with Gasteiger partial charge in [-0.2, -0.15) is 0 Å². The van der Waals surface area contributed by atoms with E-state index >= 15 is 0 Å². The number of methoxy groups -OCH3 is 2. The monoisotopic (exact) mass is 352 g/mol. The lowest BCUT2D eigenvalue weighted by molar-refractivity contribution is -0.384. The molecule has 0 radical (unpaired) electrons. The summed E-state index contributed by atoms with van der Waals surface area (Å²) in [5.41, 5.74) is 3.01. The molecule has 1 aliphatic heterocycles. The summed E-state index contributed by atoms with van der Waals surface area (Å²) in [6, 6.07) is 10.6. The molecule has 6 heteroatoms. The molecule has 6 nitrogen and oxygen atoms in total. The van der Waals surface area contributed by atoms with Crippen LogP contribution < -0.4 is 14.8 Å². The molecule has 1 aliphatic carbocycles. The number of fused-ring (bicyclic) bond motifs is 3. The summed E-state index contributed by atoms with van der Waals surface area (Å²) in [6.07, 6.45) is 5.29. The molecule has 0 amide bonds. The summed E-state index contributed by atoms with van der Waals surface area (Å²) in [5, 5.41) is 14.8. The standard InChI is InChI=1S/C20H20N2O4/c1-25-16-9-10-17(26-2)20-18(16)14-7-4-8-15(14)19(21-20)12-5-3-6-13(11-12)22(23)24/h3-7,9-11,14-15,19,21H,8H2,1-2H3/t14-,15+,19+/m1/s1. The summed E-state index contributed by atoms with van der Waals surface area (Å²) in [7, 11) is 3.31. The minimum Gasteiger partial charge on any atom is -0.496 e. The molecule has 0 unspecified atom stereocenters. The van der Waals surface area contributed by atoms with Crippen LogP contribution in [0.3, 0.4) is 0 Å². The van der Waals surface area contributed by atoms with E-state index in [1.54, 1.807) is 26.4 Å². The van der Waals surface area contributed by atoms with Gasteiger partial charge >= 0.3 is 0 Å². The molecule has 0 saturated heterocycles. The Balaban J connectivity index is 1.84. The number of nitro benzene ring substituents is 1. The molecule has 1 heterocycles. The number of nitrogens with zero attached hydrogens (tertiary/aromatic N) is 1. The van der Waals surface area contributed by atoms with Crippen molar-refractivity contribution in [3.05, 3.63) is 69.8 Å². The number of rotatable bonds is 4. The lowest BCUT2D eigenvalue weighted by Crippen LogP contribution is -2.29. The molecule has 2 aromatic carbocycles. The number of hydrogen-bond acceptors (Lipinski definition) is 5. The van der Waals surface area contributed by atoms with Gasteiger partial charge in [-0.3, -0.25) is 10.1 Å². The average Bonchev–Trinajstić information content (AvgIpc) is 3.16. The Bertz CT molecular complexity index is 893. The molecule has 3 atom stereocenters. The molecule has 0 bridgehead atoms. The molecular weight excluding hydrogens is 332 g/mol. The third kappa shape index (κ3) is 2.49. The van der Waals surface area contributed by atoms with Gasteiger partial charge in [0.1, 0.15) is 11.5 Å². The van der Waals surface area contributed by atoms with Crippen LogP contribution in [0.5, 0.6) is 11.5 Å². The Labute approximate surface area is 151 Å². The van der Waals surface area contributed by atoms with Crippen LogP contribution in [0.2, 0.25) is 0 Å². The first-order valence-corrected chi connectivity index (χ1v) is 8.56. The molecule has 4 rings (SSSR count). The van der Waals surface area contributed by atoms with Crippen molar-refractivity contribution in [2.75, 3.05) is 19.5 Å². The van der Waals surface area contributed by atoms with Crippen molar-refractivity contribution in [1.29, 1.82) is 0 Å². The van der Waals surface area contributed by atoms with Crippen LogP contribution in [0, 0.1) is 16.0 Å². The van der Waals surface area contributed by atoms with E-state index in [2.05, 4.69) is 17.5 Å². The Kier molecular flexibility index (Phi) is 4.03. The second-order valence-corrected chi connectivity index (χ2v) is 6.59. The molecule has 0 aromatic heterocycles. The highest BCUT2D eigenvalue weighted by Gasteiger charge is 2.41. The number of ether oxygens (including phenoxy) is 2. The van der Waals surface area contributed by atoms with Crippen LogP contribution in [0.4, 0.5) is 11.4 Å². The Morgan fingerprint density at radius 2 is 1.92 bits per heavy atom. The zero-order chi connectivity index (χ0) is 18.3. The summed E-state index contributed by atoms with van der Waals surface area (Å²) in [4.78, 5) is 10.8. The Morgan fingerprint density at radius 1 is 1.15 bits per heavy atom. The van der Waals surface area contributed by atoms with Crippen molar-refractivity contribution >= 4 is 11.4 Å². The fourth-order valence-electron chi connectivity index (χ4n) is 4.16. The van der Waals surface area contributed by atoms with Gasteiger partial charge in [-0.25, -0.2) is 0 Å². The fourth-order valence-corrected chi connectivity index (χ4v) is 4.16. The van der Waals surface area contributed by atoms with E-state index in [1.165, 1.54) is 6.07 Å². The smallest absolute Gasteiger partial charge is 0.269 e. The lowest BCUT2D eigenvalue weighted by atomic mass is 9.76. The number of benzene rings is 2. The van der Waals surface area contributed by atoms with Gasteiger partial charge in [0.2, 0.25) is 0 Å². The highest BCUT2D eigenvalue weighted by molar-refractivity contribution is 5.72. The summed E-state index contributed by atoms with van der Waals surface area (Å²) in [5.74, 6) is 2.02. The van der Waals surface area contributed by atoms with Crippen molar-refractivity contribution in [1.82, 2.24) is 0 Å². The van der Waals surface area contributed by atoms with Gasteiger partial charge in [0, 0.05) is 23.6 Å². The third-order valence-electron chi connectivity index (χ3n) is 5.32. The van der Waals surface area contributed by atoms with E-state index in [0.29, 0.717) is 0 Å². The van der Waals surface area contributed by atoms with E-state index in [0.717, 1.165) is 34.7 Å². The average molecular weight is 352 g/mol. The normalized spacial score (nSPS) is 22.9. The largest absolute Gasteiger partial charge is 0.496 e. The van der Waals surface area contributed by atoms with Crippen LogP contribution in [-0.4, -0.2) is 19.1 Å². The highest BCUT2D eigenvalue weighted by atomic mass is 16.6. The molecule has 0 spiro atoms. The van der Waals surface area contributed by atoms with Crippen molar-refractivity contribution in [2.24, 2.45) is 5.92 Å². The number of nitro groups is 1. The van der Waals surface area contributed by atoms with Crippen molar-refractivity contribution in [3.8, 4) is 11.5 Å². The van der Waals surface area contributed by atoms with Gasteiger partial charge in [-0.15, -0.1) is 0 Å². The Morgan fingerprint density at radius 3 is 2.65 bits per heavy atom. The van der Waals surface area contributed by atoms with Gasteiger partial charge in [-0.05, 0) is 30.0 Å². The van der Waals surface area contributed by atoms with Gasteiger partial charge in [-0.1, -0.05) is 24.3 Å². The molecule has 2 aliphatic rings. The highest BCUT2D eigenvalue weighted by Crippen LogP contribution is 2.55. The number of nitrogens with one attached hydrogen (secondary N) is 1. The number of non-ortho nitro benzene ring substituents is 1. The molecule has 134 valence electrons. The second kappa shape index (κ2) is 6.37. The topological polar surface area (TPSA) is 73.6 Å². The maximum atomic E-state index is 11.2. The third-order valence-corrected chi connectivity index (χ3v) is 5.32. The minimum atomic E-state index is -0.353. The predicted octanol–water partition coefficient (Wildman–Crippen LogP) is 4.44. The molecule has 0 fully saturated rings.